The molecule has 0 saturated carbocycles. The van der Waals surface area contributed by atoms with Crippen molar-refractivity contribution in [3.05, 3.63) is 44.3 Å². The molecule has 1 N–H and O–H groups in total. The van der Waals surface area contributed by atoms with E-state index < -0.39 is 26.5 Å². The second kappa shape index (κ2) is 5.54. The van der Waals surface area contributed by atoms with Crippen LogP contribution in [0.3, 0.4) is 0 Å². The third kappa shape index (κ3) is 3.46. The molecule has 0 aliphatic rings. The molecule has 0 bridgehead atoms. The Morgan fingerprint density at radius 1 is 1.43 bits per heavy atom. The number of aryl methyl sites for hydroxylation is 1. The first-order valence-corrected chi connectivity index (χ1v) is 7.97. The van der Waals surface area contributed by atoms with E-state index >= 15 is 0 Å². The minimum atomic E-state index is -4.05. The van der Waals surface area contributed by atoms with Crippen LogP contribution < -0.4 is 4.72 Å². The summed E-state index contributed by atoms with van der Waals surface area (Å²) in [7, 11) is -4.05. The Morgan fingerprint density at radius 2 is 2.10 bits per heavy atom. The molecule has 0 aliphatic carbocycles. The van der Waals surface area contributed by atoms with Crippen molar-refractivity contribution < 1.29 is 17.7 Å². The number of nitrogens with zero attached hydrogens (tertiary/aromatic N) is 2. The average molecular weight is 352 g/mol. The van der Waals surface area contributed by atoms with Gasteiger partial charge in [0.05, 0.1) is 22.4 Å². The van der Waals surface area contributed by atoms with Crippen LogP contribution in [-0.4, -0.2) is 18.3 Å². The fraction of sp³-hybridized carbons (Fsp3) is 0.100. The number of benzene rings is 1. The summed E-state index contributed by atoms with van der Waals surface area (Å²) in [5.41, 5.74) is -0.638. The first-order valence-electron chi connectivity index (χ1n) is 5.30. The number of rotatable bonds is 4. The van der Waals surface area contributed by atoms with Gasteiger partial charge in [-0.25, -0.2) is 17.8 Å². The van der Waals surface area contributed by atoms with Gasteiger partial charge >= 0.3 is 0 Å². The largest absolute Gasteiger partial charge is 0.279 e. The van der Waals surface area contributed by atoms with Crippen molar-refractivity contribution in [2.75, 3.05) is 4.72 Å². The lowest BCUT2D eigenvalue weighted by atomic mass is 10.3. The summed E-state index contributed by atoms with van der Waals surface area (Å²) in [6, 6.07) is 2.44. The fourth-order valence-electron chi connectivity index (χ4n) is 1.54. The second-order valence-corrected chi connectivity index (χ2v) is 7.36. The molecule has 1 aromatic carbocycles. The Kier molecular flexibility index (Phi) is 4.12. The molecule has 1 heterocycles. The van der Waals surface area contributed by atoms with Gasteiger partial charge in [-0.1, -0.05) is 22.9 Å². The van der Waals surface area contributed by atoms with Crippen molar-refractivity contribution in [3.8, 4) is 0 Å². The van der Waals surface area contributed by atoms with Crippen LogP contribution >= 0.6 is 22.9 Å². The number of hydrogen-bond donors (Lipinski definition) is 1. The lowest BCUT2D eigenvalue weighted by Crippen LogP contribution is -2.13. The van der Waals surface area contributed by atoms with E-state index in [4.69, 9.17) is 11.6 Å². The molecule has 112 valence electrons. The number of nitrogens with one attached hydrogen (secondary N) is 1. The summed E-state index contributed by atoms with van der Waals surface area (Å²) < 4.78 is 39.5. The first-order chi connectivity index (χ1) is 9.69. The van der Waals surface area contributed by atoms with Crippen molar-refractivity contribution in [3.63, 3.8) is 0 Å². The number of anilines is 1. The Hall–Kier alpha value is -1.78. The number of non-ortho nitro benzene ring substituents is 1. The number of aromatic nitrogens is 1. The molecule has 7 nitrogen and oxygen atoms in total. The van der Waals surface area contributed by atoms with E-state index in [0.717, 1.165) is 23.5 Å². The maximum atomic E-state index is 13.3. The van der Waals surface area contributed by atoms with Gasteiger partial charge in [-0.3, -0.25) is 14.8 Å². The van der Waals surface area contributed by atoms with Gasteiger partial charge in [0, 0.05) is 6.07 Å². The van der Waals surface area contributed by atoms with Gasteiger partial charge in [-0.2, -0.15) is 0 Å². The minimum Gasteiger partial charge on any atom is -0.279 e. The lowest BCUT2D eigenvalue weighted by molar-refractivity contribution is -0.385. The number of nitro groups is 1. The van der Waals surface area contributed by atoms with Crippen LogP contribution in [0.5, 0.6) is 0 Å². The lowest BCUT2D eigenvalue weighted by Gasteiger charge is -2.06. The van der Waals surface area contributed by atoms with Crippen molar-refractivity contribution in [2.24, 2.45) is 0 Å². The normalized spacial score (nSPS) is 11.4. The quantitative estimate of drug-likeness (QED) is 0.673. The number of halogens is 2. The van der Waals surface area contributed by atoms with Gasteiger partial charge in [0.25, 0.3) is 15.7 Å². The molecule has 0 atom stereocenters. The number of sulfonamides is 1. The monoisotopic (exact) mass is 351 g/mol. The predicted molar refractivity (Wildman–Crippen MR) is 75.7 cm³/mol. The van der Waals surface area contributed by atoms with E-state index in [1.165, 1.54) is 6.92 Å². The van der Waals surface area contributed by atoms with E-state index in [1.807, 2.05) is 0 Å². The van der Waals surface area contributed by atoms with Crippen LogP contribution in [0.15, 0.2) is 22.4 Å². The summed E-state index contributed by atoms with van der Waals surface area (Å²) in [5.74, 6) is -0.930. The van der Waals surface area contributed by atoms with E-state index in [2.05, 4.69) is 9.71 Å². The maximum Gasteiger partial charge on any atom is 0.274 e. The Bertz CT molecular complexity index is 822. The topological polar surface area (TPSA) is 102 Å². The smallest absolute Gasteiger partial charge is 0.274 e. The summed E-state index contributed by atoms with van der Waals surface area (Å²) in [4.78, 5) is 13.6. The van der Waals surface area contributed by atoms with Gasteiger partial charge in [0.2, 0.25) is 0 Å². The molecule has 2 aromatic rings. The van der Waals surface area contributed by atoms with E-state index in [0.29, 0.717) is 6.07 Å². The SMILES string of the molecule is Cc1nc(Cl)sc1S(=O)(=O)Nc1cc(F)cc([N+](=O)[O-])c1. The number of nitro benzene ring substituents is 1. The molecule has 0 amide bonds. The van der Waals surface area contributed by atoms with Crippen molar-refractivity contribution in [1.82, 2.24) is 4.98 Å². The Balaban J connectivity index is 2.41. The van der Waals surface area contributed by atoms with Crippen LogP contribution in [0.25, 0.3) is 0 Å². The number of hydrogen-bond acceptors (Lipinski definition) is 6. The number of thiazole rings is 1. The van der Waals surface area contributed by atoms with Crippen molar-refractivity contribution in [1.29, 1.82) is 0 Å². The molecule has 0 saturated heterocycles. The molecule has 0 fully saturated rings. The zero-order valence-corrected chi connectivity index (χ0v) is 12.7. The Morgan fingerprint density at radius 3 is 2.62 bits per heavy atom. The van der Waals surface area contributed by atoms with Crippen molar-refractivity contribution in [2.45, 2.75) is 11.1 Å². The predicted octanol–water partition coefficient (Wildman–Crippen LogP) is 2.95. The van der Waals surface area contributed by atoms with Gasteiger partial charge in [-0.05, 0) is 13.0 Å². The summed E-state index contributed by atoms with van der Waals surface area (Å²) in [6.45, 7) is 1.45. The van der Waals surface area contributed by atoms with Crippen LogP contribution in [0.4, 0.5) is 15.8 Å². The van der Waals surface area contributed by atoms with Crippen LogP contribution in [0, 0.1) is 22.9 Å². The summed E-state index contributed by atoms with van der Waals surface area (Å²) in [6.07, 6.45) is 0. The third-order valence-corrected chi connectivity index (χ3v) is 5.57. The van der Waals surface area contributed by atoms with Crippen LogP contribution in [0.2, 0.25) is 4.47 Å². The maximum absolute atomic E-state index is 13.3. The van der Waals surface area contributed by atoms with E-state index in [9.17, 15) is 22.9 Å². The van der Waals surface area contributed by atoms with Gasteiger partial charge in [-0.15, -0.1) is 0 Å². The summed E-state index contributed by atoms with van der Waals surface area (Å²) in [5, 5.41) is 10.6. The minimum absolute atomic E-state index is 0.0399. The third-order valence-electron chi connectivity index (χ3n) is 2.32. The van der Waals surface area contributed by atoms with Crippen molar-refractivity contribution >= 4 is 44.3 Å². The zero-order chi connectivity index (χ0) is 15.8. The van der Waals surface area contributed by atoms with Gasteiger partial charge < -0.3 is 0 Å². The molecule has 0 aliphatic heterocycles. The Labute approximate surface area is 127 Å². The molecular formula is C10H7ClFN3O4S2. The van der Waals surface area contributed by atoms with Crippen LogP contribution in [-0.2, 0) is 10.0 Å². The standard InChI is InChI=1S/C10H7ClFN3O4S2/c1-5-9(20-10(11)13-5)21(18,19)14-7-2-6(12)3-8(4-7)15(16)17/h2-4,14H,1H3. The molecule has 2 rings (SSSR count). The fourth-order valence-corrected chi connectivity index (χ4v) is 4.32. The van der Waals surface area contributed by atoms with Crippen LogP contribution in [0.1, 0.15) is 5.69 Å². The molecular weight excluding hydrogens is 345 g/mol. The van der Waals surface area contributed by atoms with Gasteiger partial charge in [0.1, 0.15) is 5.82 Å². The molecule has 0 unspecified atom stereocenters. The highest BCUT2D eigenvalue weighted by molar-refractivity contribution is 7.94. The van der Waals surface area contributed by atoms with E-state index in [-0.39, 0.29) is 20.1 Å². The van der Waals surface area contributed by atoms with E-state index in [1.54, 1.807) is 0 Å². The van der Waals surface area contributed by atoms with Gasteiger partial charge in [0.15, 0.2) is 8.68 Å². The average Bonchev–Trinajstić information content (AvgIpc) is 2.67. The molecule has 11 heteroatoms. The molecule has 0 radical (unpaired) electrons. The molecule has 1 aromatic heterocycles. The summed E-state index contributed by atoms with van der Waals surface area (Å²) >= 11 is 6.36. The first kappa shape index (κ1) is 15.6. The molecule has 0 spiro atoms. The highest BCUT2D eigenvalue weighted by Crippen LogP contribution is 2.29. The highest BCUT2D eigenvalue weighted by atomic mass is 35.5. The zero-order valence-electron chi connectivity index (χ0n) is 10.3. The highest BCUT2D eigenvalue weighted by Gasteiger charge is 2.22. The molecule has 21 heavy (non-hydrogen) atoms. The second-order valence-electron chi connectivity index (χ2n) is 3.90.